The Hall–Kier alpha value is -1.74. The molecule has 0 spiro atoms. The van der Waals surface area contributed by atoms with Crippen molar-refractivity contribution in [3.8, 4) is 12.3 Å². The third kappa shape index (κ3) is 5.85. The Morgan fingerprint density at radius 2 is 2.21 bits per heavy atom. The average Bonchev–Trinajstić information content (AvgIpc) is 2.12. The minimum atomic E-state index is -0.882. The van der Waals surface area contributed by atoms with Crippen molar-refractivity contribution in [2.45, 2.75) is 12.5 Å². The predicted molar refractivity (Wildman–Crippen MR) is 50.0 cm³/mol. The van der Waals surface area contributed by atoms with E-state index in [9.17, 15) is 9.59 Å². The molecule has 0 radical (unpaired) electrons. The summed E-state index contributed by atoms with van der Waals surface area (Å²) in [5.41, 5.74) is 10.1. The molecule has 6 heteroatoms. The molecule has 1 atom stereocenters. The van der Waals surface area contributed by atoms with Gasteiger partial charge in [0.2, 0.25) is 5.91 Å². The molecule has 0 fully saturated rings. The lowest BCUT2D eigenvalue weighted by Gasteiger charge is -2.08. The Bertz CT molecular complexity index is 247. The highest BCUT2D eigenvalue weighted by Gasteiger charge is 2.10. The molecule has 5 N–H and O–H groups in total. The Balaban J connectivity index is 3.54. The Labute approximate surface area is 82.0 Å². The maximum Gasteiger partial charge on any atom is 0.404 e. The second kappa shape index (κ2) is 6.74. The van der Waals surface area contributed by atoms with Crippen molar-refractivity contribution in [1.82, 2.24) is 5.32 Å². The molecule has 1 unspecified atom stereocenters. The maximum absolute atomic E-state index is 11.1. The van der Waals surface area contributed by atoms with E-state index in [1.54, 1.807) is 0 Å². The number of nitrogens with one attached hydrogen (secondary N) is 1. The van der Waals surface area contributed by atoms with Gasteiger partial charge in [-0.2, -0.15) is 0 Å². The van der Waals surface area contributed by atoms with E-state index in [0.717, 1.165) is 0 Å². The molecule has 0 aliphatic heterocycles. The lowest BCUT2D eigenvalue weighted by atomic mass is 10.2. The number of hydrogen-bond acceptors (Lipinski definition) is 4. The van der Waals surface area contributed by atoms with Crippen LogP contribution >= 0.6 is 0 Å². The third-order valence-electron chi connectivity index (χ3n) is 1.32. The van der Waals surface area contributed by atoms with Gasteiger partial charge in [0.25, 0.3) is 0 Å². The van der Waals surface area contributed by atoms with Gasteiger partial charge in [-0.1, -0.05) is 0 Å². The van der Waals surface area contributed by atoms with E-state index < -0.39 is 12.1 Å². The Morgan fingerprint density at radius 1 is 1.57 bits per heavy atom. The van der Waals surface area contributed by atoms with Crippen molar-refractivity contribution in [2.24, 2.45) is 11.5 Å². The van der Waals surface area contributed by atoms with E-state index in [0.29, 0.717) is 0 Å². The summed E-state index contributed by atoms with van der Waals surface area (Å²) < 4.78 is 4.37. The average molecular weight is 199 g/mol. The van der Waals surface area contributed by atoms with Gasteiger partial charge in [-0.3, -0.25) is 4.79 Å². The molecule has 6 nitrogen and oxygen atoms in total. The highest BCUT2D eigenvalue weighted by molar-refractivity contribution is 5.81. The van der Waals surface area contributed by atoms with Crippen molar-refractivity contribution >= 4 is 12.0 Å². The SMILES string of the molecule is C#CCC(N)C(=O)NCCOC(N)=O. The number of carbonyl (C=O) groups excluding carboxylic acids is 2. The molecule has 0 aromatic heterocycles. The smallest absolute Gasteiger partial charge is 0.404 e. The zero-order chi connectivity index (χ0) is 11.0. The number of carbonyl (C=O) groups is 2. The lowest BCUT2D eigenvalue weighted by molar-refractivity contribution is -0.122. The molecule has 0 saturated heterocycles. The summed E-state index contributed by atoms with van der Waals surface area (Å²) in [4.78, 5) is 21.2. The monoisotopic (exact) mass is 199 g/mol. The van der Waals surface area contributed by atoms with Gasteiger partial charge in [-0.05, 0) is 0 Å². The van der Waals surface area contributed by atoms with Crippen LogP contribution in [-0.4, -0.2) is 31.2 Å². The van der Waals surface area contributed by atoms with Gasteiger partial charge in [0.1, 0.15) is 6.61 Å². The largest absolute Gasteiger partial charge is 0.448 e. The van der Waals surface area contributed by atoms with Crippen LogP contribution in [0.1, 0.15) is 6.42 Å². The summed E-state index contributed by atoms with van der Waals surface area (Å²) in [6, 6.07) is -0.728. The molecule has 14 heavy (non-hydrogen) atoms. The number of terminal acetylenes is 1. The molecule has 0 bridgehead atoms. The van der Waals surface area contributed by atoms with Crippen molar-refractivity contribution < 1.29 is 14.3 Å². The highest BCUT2D eigenvalue weighted by Crippen LogP contribution is 1.85. The topological polar surface area (TPSA) is 107 Å². The van der Waals surface area contributed by atoms with Gasteiger partial charge >= 0.3 is 6.09 Å². The molecule has 0 rings (SSSR count). The summed E-state index contributed by atoms with van der Waals surface area (Å²) in [7, 11) is 0. The van der Waals surface area contributed by atoms with Crippen LogP contribution in [0, 0.1) is 12.3 Å². The van der Waals surface area contributed by atoms with Gasteiger partial charge in [0.15, 0.2) is 0 Å². The molecule has 0 heterocycles. The Morgan fingerprint density at radius 3 is 2.71 bits per heavy atom. The molecular formula is C8H13N3O3. The number of rotatable bonds is 5. The van der Waals surface area contributed by atoms with Gasteiger partial charge in [0, 0.05) is 6.42 Å². The van der Waals surface area contributed by atoms with E-state index in [-0.39, 0.29) is 25.5 Å². The van der Waals surface area contributed by atoms with Crippen molar-refractivity contribution in [1.29, 1.82) is 0 Å². The van der Waals surface area contributed by atoms with Gasteiger partial charge < -0.3 is 21.5 Å². The summed E-state index contributed by atoms with van der Waals surface area (Å²) in [6.45, 7) is 0.184. The molecule has 0 aromatic carbocycles. The number of primary amides is 1. The summed E-state index contributed by atoms with van der Waals surface area (Å²) in [5, 5.41) is 2.43. The second-order valence-electron chi connectivity index (χ2n) is 2.47. The van der Waals surface area contributed by atoms with Crippen LogP contribution in [-0.2, 0) is 9.53 Å². The van der Waals surface area contributed by atoms with Crippen LogP contribution in [0.25, 0.3) is 0 Å². The first-order valence-corrected chi connectivity index (χ1v) is 3.97. The summed E-state index contributed by atoms with van der Waals surface area (Å²) >= 11 is 0. The molecule has 0 aliphatic carbocycles. The zero-order valence-electron chi connectivity index (χ0n) is 7.66. The van der Waals surface area contributed by atoms with Crippen LogP contribution in [0.4, 0.5) is 4.79 Å². The number of ether oxygens (including phenoxy) is 1. The second-order valence-corrected chi connectivity index (χ2v) is 2.47. The standard InChI is InChI=1S/C8H13N3O3/c1-2-3-6(9)7(12)11-4-5-14-8(10)13/h1,6H,3-5,9H2,(H2,10,13)(H,11,12). The van der Waals surface area contributed by atoms with E-state index in [2.05, 4.69) is 16.0 Å². The van der Waals surface area contributed by atoms with Crippen molar-refractivity contribution in [2.75, 3.05) is 13.2 Å². The maximum atomic E-state index is 11.1. The fourth-order valence-electron chi connectivity index (χ4n) is 0.677. The third-order valence-corrected chi connectivity index (χ3v) is 1.32. The molecule has 0 aromatic rings. The summed E-state index contributed by atoms with van der Waals surface area (Å²) in [6.07, 6.45) is 4.25. The fourth-order valence-corrected chi connectivity index (χ4v) is 0.677. The minimum Gasteiger partial charge on any atom is -0.448 e. The van der Waals surface area contributed by atoms with Crippen LogP contribution in [0.2, 0.25) is 0 Å². The van der Waals surface area contributed by atoms with E-state index in [1.807, 2.05) is 0 Å². The van der Waals surface area contributed by atoms with E-state index in [1.165, 1.54) is 0 Å². The highest BCUT2D eigenvalue weighted by atomic mass is 16.5. The van der Waals surface area contributed by atoms with Gasteiger partial charge in [-0.25, -0.2) is 4.79 Å². The molecular weight excluding hydrogens is 186 g/mol. The first-order chi connectivity index (χ1) is 6.57. The minimum absolute atomic E-state index is 0.0177. The van der Waals surface area contributed by atoms with Crippen LogP contribution in [0.3, 0.4) is 0 Å². The lowest BCUT2D eigenvalue weighted by Crippen LogP contribution is -2.41. The summed E-state index contributed by atoms with van der Waals surface area (Å²) in [5.74, 6) is 1.89. The molecule has 0 aliphatic rings. The quantitative estimate of drug-likeness (QED) is 0.372. The zero-order valence-corrected chi connectivity index (χ0v) is 7.66. The van der Waals surface area contributed by atoms with Gasteiger partial charge in [0.05, 0.1) is 12.6 Å². The van der Waals surface area contributed by atoms with Gasteiger partial charge in [-0.15, -0.1) is 12.3 Å². The molecule has 78 valence electrons. The van der Waals surface area contributed by atoms with E-state index >= 15 is 0 Å². The Kier molecular flexibility index (Phi) is 5.90. The fraction of sp³-hybridized carbons (Fsp3) is 0.500. The molecule has 2 amide bonds. The van der Waals surface area contributed by atoms with Crippen LogP contribution in [0.15, 0.2) is 0 Å². The molecule has 0 saturated carbocycles. The van der Waals surface area contributed by atoms with Crippen molar-refractivity contribution in [3.05, 3.63) is 0 Å². The normalized spacial score (nSPS) is 11.1. The van der Waals surface area contributed by atoms with Crippen LogP contribution < -0.4 is 16.8 Å². The number of nitrogens with two attached hydrogens (primary N) is 2. The first-order valence-electron chi connectivity index (χ1n) is 3.97. The van der Waals surface area contributed by atoms with E-state index in [4.69, 9.17) is 17.9 Å². The van der Waals surface area contributed by atoms with Crippen LogP contribution in [0.5, 0.6) is 0 Å². The predicted octanol–water partition coefficient (Wildman–Crippen LogP) is -1.45. The number of hydrogen-bond donors (Lipinski definition) is 3. The van der Waals surface area contributed by atoms with Crippen molar-refractivity contribution in [3.63, 3.8) is 0 Å². The first kappa shape index (κ1) is 12.3. The number of amides is 2.